The molecule has 85 heavy (non-hydrogen) atoms. The maximum absolute atomic E-state index is 13.4. The van der Waals surface area contributed by atoms with Gasteiger partial charge in [0.05, 0.1) is 25.4 Å². The van der Waals surface area contributed by atoms with Gasteiger partial charge in [0.25, 0.3) is 0 Å². The largest absolute Gasteiger partial charge is 0.454 e. The molecule has 1 saturated heterocycles. The number of hydrogen-bond donors (Lipinski definition) is 6. The molecule has 0 aromatic carbocycles. The zero-order valence-electron chi connectivity index (χ0n) is 54.2. The lowest BCUT2D eigenvalue weighted by atomic mass is 9.99. The predicted molar refractivity (Wildman–Crippen MR) is 356 cm³/mol. The molecule has 8 atom stereocenters. The number of carbonyl (C=O) groups excluding carboxylic acids is 2. The number of hydrogen-bond acceptors (Lipinski definition) is 10. The van der Waals surface area contributed by atoms with E-state index in [2.05, 4.69) is 105 Å². The Balaban J connectivity index is 2.58. The lowest BCUT2D eigenvalue weighted by Crippen LogP contribution is -2.61. The van der Waals surface area contributed by atoms with Crippen LogP contribution in [0.3, 0.4) is 0 Å². The highest BCUT2D eigenvalue weighted by Gasteiger charge is 2.47. The number of aliphatic hydroxyl groups excluding tert-OH is 5. The van der Waals surface area contributed by atoms with E-state index in [4.69, 9.17) is 14.2 Å². The number of rotatable bonds is 58. The summed E-state index contributed by atoms with van der Waals surface area (Å²) in [6.45, 7) is 5.61. The highest BCUT2D eigenvalue weighted by Crippen LogP contribution is 2.26. The van der Waals surface area contributed by atoms with Crippen molar-refractivity contribution in [2.75, 3.05) is 13.2 Å². The molecular weight excluding hydrogens is 1060 g/mol. The molecule has 11 heteroatoms. The molecule has 1 aliphatic rings. The van der Waals surface area contributed by atoms with Crippen molar-refractivity contribution in [3.8, 4) is 0 Å². The van der Waals surface area contributed by atoms with Gasteiger partial charge in [-0.05, 0) is 89.9 Å². The van der Waals surface area contributed by atoms with Crippen molar-refractivity contribution in [1.29, 1.82) is 0 Å². The molecule has 1 fully saturated rings. The molecule has 6 N–H and O–H groups in total. The van der Waals surface area contributed by atoms with Gasteiger partial charge in [-0.2, -0.15) is 0 Å². The third kappa shape index (κ3) is 48.0. The summed E-state index contributed by atoms with van der Waals surface area (Å²) in [5.41, 5.74) is 0. The second-order valence-electron chi connectivity index (χ2n) is 23.5. The van der Waals surface area contributed by atoms with E-state index >= 15 is 0 Å². The summed E-state index contributed by atoms with van der Waals surface area (Å²) >= 11 is 0. The normalized spacial score (nSPS) is 19.1. The fourth-order valence-corrected chi connectivity index (χ4v) is 10.2. The van der Waals surface area contributed by atoms with Crippen LogP contribution in [0, 0.1) is 0 Å². The molecule has 11 nitrogen and oxygen atoms in total. The summed E-state index contributed by atoms with van der Waals surface area (Å²) in [5.74, 6) is -1.28. The van der Waals surface area contributed by atoms with Crippen LogP contribution < -0.4 is 5.32 Å². The standard InChI is InChI=1S/C74H127NO10/c1-4-7-10-13-16-19-22-24-26-28-30-31-32-33-34-35-36-37-38-40-42-44-47-50-53-56-59-62-69(79)85-72-71(81)70(80)68(63-76)84-74(72)83-64-65(66(77)60-57-54-51-48-45-21-18-15-12-9-6-3)75-73(82)67(78)61-58-55-52-49-46-43-41-39-29-27-25-23-20-17-14-11-8-5-2/h8,11,16-17,19-20,24-27,39,41,46,49,55,57-58,60,65-68,70-72,74,76-78,80-81H,4-7,9-10,12-15,18,21-23,28-38,40,42-45,47-48,50-54,56,59,61-64H2,1-3H3,(H,75,82)/b11-8-,19-16-,20-17-,26-24-,27-25-,41-39-,49-46-,58-55-,60-57+. The smallest absolute Gasteiger partial charge is 0.306 e. The summed E-state index contributed by atoms with van der Waals surface area (Å²) in [6, 6.07) is -1.07. The van der Waals surface area contributed by atoms with Gasteiger partial charge in [0, 0.05) is 12.8 Å². The highest BCUT2D eigenvalue weighted by molar-refractivity contribution is 5.81. The maximum Gasteiger partial charge on any atom is 0.306 e. The van der Waals surface area contributed by atoms with Gasteiger partial charge in [0.15, 0.2) is 12.4 Å². The van der Waals surface area contributed by atoms with Crippen LogP contribution >= 0.6 is 0 Å². The molecule has 1 rings (SSSR count). The van der Waals surface area contributed by atoms with E-state index in [1.807, 2.05) is 18.2 Å². The Morgan fingerprint density at radius 2 is 0.847 bits per heavy atom. The number of esters is 1. The van der Waals surface area contributed by atoms with E-state index in [-0.39, 0.29) is 19.4 Å². The number of ether oxygens (including phenoxy) is 3. The predicted octanol–water partition coefficient (Wildman–Crippen LogP) is 17.6. The van der Waals surface area contributed by atoms with Gasteiger partial charge in [0.2, 0.25) is 5.91 Å². The molecule has 1 aliphatic heterocycles. The van der Waals surface area contributed by atoms with Gasteiger partial charge >= 0.3 is 5.97 Å². The minimum atomic E-state index is -1.63. The van der Waals surface area contributed by atoms with Crippen molar-refractivity contribution in [3.63, 3.8) is 0 Å². The zero-order valence-corrected chi connectivity index (χ0v) is 54.2. The van der Waals surface area contributed by atoms with E-state index in [0.29, 0.717) is 12.8 Å². The third-order valence-corrected chi connectivity index (χ3v) is 15.7. The zero-order chi connectivity index (χ0) is 61.7. The molecule has 1 heterocycles. The summed E-state index contributed by atoms with van der Waals surface area (Å²) in [7, 11) is 0. The lowest BCUT2D eigenvalue weighted by Gasteiger charge is -2.41. The van der Waals surface area contributed by atoms with Gasteiger partial charge < -0.3 is 45.1 Å². The van der Waals surface area contributed by atoms with Gasteiger partial charge in [-0.1, -0.05) is 291 Å². The second-order valence-corrected chi connectivity index (χ2v) is 23.5. The fourth-order valence-electron chi connectivity index (χ4n) is 10.2. The van der Waals surface area contributed by atoms with Crippen molar-refractivity contribution < 1.29 is 49.3 Å². The fraction of sp³-hybridized carbons (Fsp3) is 0.730. The number of nitrogens with one attached hydrogen (secondary N) is 1. The molecular formula is C74H127NO10. The Morgan fingerprint density at radius 3 is 1.29 bits per heavy atom. The van der Waals surface area contributed by atoms with Crippen LogP contribution in [-0.4, -0.2) is 99.6 Å². The molecule has 0 saturated carbocycles. The third-order valence-electron chi connectivity index (χ3n) is 15.7. The van der Waals surface area contributed by atoms with Crippen LogP contribution in [0.1, 0.15) is 284 Å². The monoisotopic (exact) mass is 1190 g/mol. The number of carbonyl (C=O) groups is 2. The summed E-state index contributed by atoms with van der Waals surface area (Å²) < 4.78 is 17.6. The highest BCUT2D eigenvalue weighted by atomic mass is 16.7. The van der Waals surface area contributed by atoms with Gasteiger partial charge in [-0.15, -0.1) is 0 Å². The number of amides is 1. The van der Waals surface area contributed by atoms with E-state index in [9.17, 15) is 35.1 Å². The first-order valence-corrected chi connectivity index (χ1v) is 34.7. The Kier molecular flexibility index (Phi) is 56.6. The van der Waals surface area contributed by atoms with Crippen molar-refractivity contribution in [2.45, 2.75) is 333 Å². The molecule has 0 aromatic rings. The van der Waals surface area contributed by atoms with E-state index in [1.54, 1.807) is 12.2 Å². The van der Waals surface area contributed by atoms with Crippen LogP contribution in [0.4, 0.5) is 0 Å². The van der Waals surface area contributed by atoms with E-state index in [0.717, 1.165) is 83.5 Å². The molecule has 0 aliphatic carbocycles. The van der Waals surface area contributed by atoms with Gasteiger partial charge in [-0.3, -0.25) is 9.59 Å². The van der Waals surface area contributed by atoms with Gasteiger partial charge in [-0.25, -0.2) is 0 Å². The van der Waals surface area contributed by atoms with E-state index in [1.165, 1.54) is 154 Å². The minimum Gasteiger partial charge on any atom is -0.454 e. The van der Waals surface area contributed by atoms with Crippen LogP contribution in [0.5, 0.6) is 0 Å². The van der Waals surface area contributed by atoms with Crippen LogP contribution in [0.2, 0.25) is 0 Å². The first-order valence-electron chi connectivity index (χ1n) is 34.7. The van der Waals surface area contributed by atoms with Crippen LogP contribution in [0.15, 0.2) is 109 Å². The number of aliphatic hydroxyl groups is 5. The van der Waals surface area contributed by atoms with Gasteiger partial charge in [0.1, 0.15) is 24.4 Å². The number of allylic oxidation sites excluding steroid dienone is 16. The van der Waals surface area contributed by atoms with Crippen molar-refractivity contribution in [2.24, 2.45) is 0 Å². The number of unbranched alkanes of at least 4 members (excludes halogenated alkanes) is 29. The molecule has 0 bridgehead atoms. The second kappa shape index (κ2) is 60.6. The van der Waals surface area contributed by atoms with Crippen molar-refractivity contribution >= 4 is 11.9 Å². The topological polar surface area (TPSA) is 175 Å². The van der Waals surface area contributed by atoms with Crippen LogP contribution in [0.25, 0.3) is 0 Å². The minimum absolute atomic E-state index is 0.0541. The molecule has 8 unspecified atom stereocenters. The average molecular weight is 1190 g/mol. The average Bonchev–Trinajstić information content (AvgIpc) is 3.51. The van der Waals surface area contributed by atoms with E-state index < -0.39 is 67.4 Å². The van der Waals surface area contributed by atoms with Crippen LogP contribution in [-0.2, 0) is 23.8 Å². The lowest BCUT2D eigenvalue weighted by molar-refractivity contribution is -0.305. The maximum atomic E-state index is 13.4. The molecule has 0 aromatic heterocycles. The summed E-state index contributed by atoms with van der Waals surface area (Å²) in [6.07, 6.45) is 73.0. The molecule has 0 radical (unpaired) electrons. The van der Waals surface area contributed by atoms with Crippen molar-refractivity contribution in [3.05, 3.63) is 109 Å². The summed E-state index contributed by atoms with van der Waals surface area (Å²) in [5, 5.41) is 57.0. The quantitative estimate of drug-likeness (QED) is 0.0195. The molecule has 1 amide bonds. The van der Waals surface area contributed by atoms with Crippen molar-refractivity contribution in [1.82, 2.24) is 5.32 Å². The molecule has 0 spiro atoms. The summed E-state index contributed by atoms with van der Waals surface area (Å²) in [4.78, 5) is 26.6. The Morgan fingerprint density at radius 1 is 0.471 bits per heavy atom. The molecule has 488 valence electrons. The Bertz CT molecular complexity index is 1800. The Labute approximate surface area is 519 Å². The Hall–Kier alpha value is -3.68. The first-order chi connectivity index (χ1) is 41.7. The first kappa shape index (κ1) is 79.3. The SMILES string of the molecule is CC/C=C\C/C=C\C/C=C\C/C=C\C/C=C\C/C=C\CC(O)C(=O)NC(COC1OC(CO)C(O)C(O)C1OC(=O)CCCCCCCCCCCCCCCCCCC/C=C\C/C=C\CCCCC)C(O)/C=C/CCCCCCCCCCC.